The van der Waals surface area contributed by atoms with Crippen molar-refractivity contribution in [2.45, 2.75) is 0 Å². The van der Waals surface area contributed by atoms with Gasteiger partial charge in [-0.05, 0) is 36.4 Å². The fourth-order valence-corrected chi connectivity index (χ4v) is 1.92. The molecule has 0 spiro atoms. The van der Waals surface area contributed by atoms with Gasteiger partial charge in [0, 0.05) is 20.1 Å². The molecule has 0 bridgehead atoms. The maximum Gasteiger partial charge on any atom is 0.257 e. The molecule has 0 heterocycles. The van der Waals surface area contributed by atoms with Gasteiger partial charge in [-0.2, -0.15) is 0 Å². The molecular formula is C24H6F9IrN6-3. The second-order valence-corrected chi connectivity index (χ2v) is 5.49. The van der Waals surface area contributed by atoms with Crippen LogP contribution in [0.4, 0.5) is 56.6 Å². The minimum absolute atomic E-state index is 0. The second kappa shape index (κ2) is 22.8. The van der Waals surface area contributed by atoms with Crippen LogP contribution in [-0.2, 0) is 20.1 Å². The molecule has 0 N–H and O–H groups in total. The first kappa shape index (κ1) is 41.7. The molecule has 0 saturated carbocycles. The largest absolute Gasteiger partial charge is 0.512 e. The van der Waals surface area contributed by atoms with Crippen LogP contribution in [0.5, 0.6) is 0 Å². The van der Waals surface area contributed by atoms with Gasteiger partial charge in [-0.1, -0.05) is 0 Å². The van der Waals surface area contributed by atoms with Gasteiger partial charge < -0.3 is 35.5 Å². The van der Waals surface area contributed by atoms with Crippen molar-refractivity contribution >= 4 is 17.1 Å². The van der Waals surface area contributed by atoms with E-state index in [1.807, 2.05) is 0 Å². The zero-order chi connectivity index (χ0) is 31.3. The minimum Gasteiger partial charge on any atom is -0.512 e. The van der Waals surface area contributed by atoms with E-state index in [0.717, 1.165) is 0 Å². The molecule has 16 heteroatoms. The second-order valence-electron chi connectivity index (χ2n) is 5.49. The van der Waals surface area contributed by atoms with Crippen LogP contribution < -0.4 is 0 Å². The number of halogens is 9. The van der Waals surface area contributed by atoms with Gasteiger partial charge in [-0.15, -0.1) is 0 Å². The summed E-state index contributed by atoms with van der Waals surface area (Å²) in [6.45, 7) is 33.2. The van der Waals surface area contributed by atoms with Crippen molar-refractivity contribution in [3.8, 4) is 0 Å². The third kappa shape index (κ3) is 13.8. The van der Waals surface area contributed by atoms with Crippen molar-refractivity contribution in [1.82, 2.24) is 0 Å². The number of rotatable bonds is 0. The molecule has 3 rings (SSSR count). The monoisotopic (exact) mass is 742 g/mol. The van der Waals surface area contributed by atoms with Gasteiger partial charge in [-0.25, -0.2) is 54.0 Å². The molecule has 207 valence electrons. The first-order valence-corrected chi connectivity index (χ1v) is 8.68. The van der Waals surface area contributed by atoms with Crippen LogP contribution in [0.25, 0.3) is 14.5 Å². The van der Waals surface area contributed by atoms with E-state index in [4.69, 9.17) is 55.2 Å². The molecule has 3 aromatic rings. The SMILES string of the molecule is [C-]#N.[C-]#N.[C-]#N.[C-]#[N+]c1c(F)cc(F)cc1F.[C-]#[N+]c1c(F)cc(F)cc1F.[C-]#[N+]c1c(F)cc(F)cc1F.[Ir]. The first-order chi connectivity index (χ1) is 18.4. The average Bonchev–Trinajstić information content (AvgIpc) is 2.87. The van der Waals surface area contributed by atoms with E-state index in [1.165, 1.54) is 0 Å². The van der Waals surface area contributed by atoms with Crippen LogP contribution in [-0.4, -0.2) is 0 Å². The molecule has 0 amide bonds. The maximum absolute atomic E-state index is 12.4. The summed E-state index contributed by atoms with van der Waals surface area (Å²) in [5, 5.41) is 18.8. The zero-order valence-electron chi connectivity index (χ0n) is 18.9. The summed E-state index contributed by atoms with van der Waals surface area (Å²) >= 11 is 0. The van der Waals surface area contributed by atoms with Crippen LogP contribution in [0, 0.1) is 108 Å². The van der Waals surface area contributed by atoms with E-state index in [0.29, 0.717) is 36.4 Å². The molecule has 1 radical (unpaired) electrons. The smallest absolute Gasteiger partial charge is 0.257 e. The average molecular weight is 742 g/mol. The predicted molar refractivity (Wildman–Crippen MR) is 113 cm³/mol. The molecule has 0 atom stereocenters. The zero-order valence-corrected chi connectivity index (χ0v) is 21.3. The topological polar surface area (TPSA) is 84.5 Å². The van der Waals surface area contributed by atoms with E-state index < -0.39 is 69.4 Å². The van der Waals surface area contributed by atoms with Crippen molar-refractivity contribution in [1.29, 1.82) is 15.8 Å². The van der Waals surface area contributed by atoms with Crippen LogP contribution in [0.15, 0.2) is 36.4 Å². The van der Waals surface area contributed by atoms with E-state index in [2.05, 4.69) is 14.5 Å². The Labute approximate surface area is 235 Å². The molecule has 40 heavy (non-hydrogen) atoms. The Morgan fingerprint density at radius 2 is 0.500 bits per heavy atom. The Balaban J connectivity index is -0.000000219. The van der Waals surface area contributed by atoms with E-state index in [-0.39, 0.29) is 20.1 Å². The fourth-order valence-electron chi connectivity index (χ4n) is 1.92. The van der Waals surface area contributed by atoms with E-state index in [9.17, 15) is 39.5 Å². The quantitative estimate of drug-likeness (QED) is 0.172. The van der Waals surface area contributed by atoms with Crippen molar-refractivity contribution in [2.24, 2.45) is 0 Å². The Morgan fingerprint density at radius 1 is 0.375 bits per heavy atom. The van der Waals surface area contributed by atoms with Gasteiger partial charge in [0.05, 0.1) is 19.7 Å². The van der Waals surface area contributed by atoms with E-state index >= 15 is 0 Å². The van der Waals surface area contributed by atoms with Gasteiger partial charge in [0.25, 0.3) is 17.1 Å². The summed E-state index contributed by atoms with van der Waals surface area (Å²) in [6.07, 6.45) is 0. The van der Waals surface area contributed by atoms with Gasteiger partial charge in [0.15, 0.2) is 0 Å². The van der Waals surface area contributed by atoms with Crippen LogP contribution in [0.3, 0.4) is 0 Å². The Bertz CT molecular complexity index is 1210. The van der Waals surface area contributed by atoms with Crippen LogP contribution >= 0.6 is 0 Å². The Morgan fingerprint density at radius 3 is 0.600 bits per heavy atom. The Hall–Kier alpha value is -5.38. The number of hydrogen-bond donors (Lipinski definition) is 0. The molecule has 0 saturated heterocycles. The number of benzene rings is 3. The summed E-state index contributed by atoms with van der Waals surface area (Å²) in [6, 6.07) is 2.81. The summed E-state index contributed by atoms with van der Waals surface area (Å²) in [7, 11) is 0. The standard InChI is InChI=1S/3C7H2F3N.3CN.Ir/c3*1-11-7-5(9)2-4(8)3-6(7)10;3*1-2;/h3*2-3H;;;;/q;;;3*-1;. The molecule has 0 aromatic heterocycles. The number of nitrogens with zero attached hydrogens (tertiary/aromatic N) is 6. The molecule has 0 unspecified atom stereocenters. The molecular weight excluding hydrogens is 736 g/mol. The number of hydrogen-bond acceptors (Lipinski definition) is 3. The summed E-state index contributed by atoms with van der Waals surface area (Å²) < 4.78 is 111. The van der Waals surface area contributed by atoms with Gasteiger partial charge in [-0.3, -0.25) is 0 Å². The van der Waals surface area contributed by atoms with Crippen molar-refractivity contribution in [3.05, 3.63) is 143 Å². The maximum atomic E-state index is 12.4. The third-order valence-corrected chi connectivity index (χ3v) is 3.28. The van der Waals surface area contributed by atoms with Gasteiger partial charge in [0.2, 0.25) is 0 Å². The summed E-state index contributed by atoms with van der Waals surface area (Å²) in [5.74, 6) is -10.1. The molecule has 6 nitrogen and oxygen atoms in total. The fraction of sp³-hybridized carbons (Fsp3) is 0. The Kier molecular flexibility index (Phi) is 23.8. The van der Waals surface area contributed by atoms with Gasteiger partial charge >= 0.3 is 0 Å². The van der Waals surface area contributed by atoms with Crippen molar-refractivity contribution in [3.63, 3.8) is 0 Å². The molecule has 0 aliphatic rings. The molecule has 0 aliphatic carbocycles. The normalized spacial score (nSPS) is 7.80. The first-order valence-electron chi connectivity index (χ1n) is 8.68. The van der Waals surface area contributed by atoms with Crippen molar-refractivity contribution < 1.29 is 59.6 Å². The molecule has 0 aliphatic heterocycles. The predicted octanol–water partition coefficient (Wildman–Crippen LogP) is 8.25. The molecule has 3 aromatic carbocycles. The summed E-state index contributed by atoms with van der Waals surface area (Å²) in [5.41, 5.74) is -2.32. The van der Waals surface area contributed by atoms with Crippen LogP contribution in [0.1, 0.15) is 0 Å². The minimum atomic E-state index is -1.17. The van der Waals surface area contributed by atoms with E-state index in [1.54, 1.807) is 0 Å². The molecule has 0 fully saturated rings. The van der Waals surface area contributed by atoms with Crippen molar-refractivity contribution in [2.75, 3.05) is 0 Å². The van der Waals surface area contributed by atoms with Crippen LogP contribution in [0.2, 0.25) is 0 Å². The summed E-state index contributed by atoms with van der Waals surface area (Å²) in [4.78, 5) is 7.63. The van der Waals surface area contributed by atoms with Gasteiger partial charge in [0.1, 0.15) is 52.4 Å². The third-order valence-electron chi connectivity index (χ3n) is 3.28.